The maximum absolute atomic E-state index is 12.9. The summed E-state index contributed by atoms with van der Waals surface area (Å²) in [5.41, 5.74) is 2.48. The van der Waals surface area contributed by atoms with E-state index >= 15 is 0 Å². The Balaban J connectivity index is 1.62. The Kier molecular flexibility index (Phi) is 3.57. The number of hydrogen-bond acceptors (Lipinski definition) is 4. The predicted octanol–water partition coefficient (Wildman–Crippen LogP) is 4.80. The second-order valence-electron chi connectivity index (χ2n) is 6.76. The number of cyclic esters (lactones) is 1. The first-order chi connectivity index (χ1) is 13.3. The number of ether oxygens (including phenoxy) is 1. The van der Waals surface area contributed by atoms with E-state index in [0.29, 0.717) is 17.9 Å². The lowest BCUT2D eigenvalue weighted by Gasteiger charge is -2.28. The van der Waals surface area contributed by atoms with Crippen LogP contribution in [0.4, 0.5) is 0 Å². The molecule has 0 saturated carbocycles. The molecule has 1 aliphatic rings. The van der Waals surface area contributed by atoms with E-state index in [1.165, 1.54) is 0 Å². The van der Waals surface area contributed by atoms with Crippen molar-refractivity contribution in [3.05, 3.63) is 102 Å². The molecular formula is C23H17NO3. The molecule has 1 atom stereocenters. The zero-order chi connectivity index (χ0) is 18.3. The largest absolute Gasteiger partial charge is 0.449 e. The van der Waals surface area contributed by atoms with Crippen LogP contribution in [0.5, 0.6) is 0 Å². The Morgan fingerprint density at radius 2 is 1.41 bits per heavy atom. The Morgan fingerprint density at radius 1 is 0.815 bits per heavy atom. The van der Waals surface area contributed by atoms with Crippen LogP contribution in [-0.4, -0.2) is 11.0 Å². The number of esters is 1. The van der Waals surface area contributed by atoms with E-state index in [0.717, 1.165) is 16.6 Å². The van der Waals surface area contributed by atoms with Gasteiger partial charge in [-0.15, -0.1) is 0 Å². The molecule has 1 saturated heterocycles. The highest BCUT2D eigenvalue weighted by Crippen LogP contribution is 2.48. The van der Waals surface area contributed by atoms with Crippen LogP contribution in [0.25, 0.3) is 11.1 Å². The molecule has 0 radical (unpaired) electrons. The zero-order valence-corrected chi connectivity index (χ0v) is 14.5. The van der Waals surface area contributed by atoms with Gasteiger partial charge in [0.25, 0.3) is 0 Å². The zero-order valence-electron chi connectivity index (χ0n) is 14.5. The van der Waals surface area contributed by atoms with Gasteiger partial charge in [-0.1, -0.05) is 72.8 Å². The number of rotatable bonds is 3. The second-order valence-corrected chi connectivity index (χ2v) is 6.76. The minimum atomic E-state index is -0.842. The number of nitrogens with zero attached hydrogens (tertiary/aromatic N) is 1. The van der Waals surface area contributed by atoms with E-state index in [1.807, 2.05) is 84.9 Å². The van der Waals surface area contributed by atoms with Gasteiger partial charge in [-0.25, -0.2) is 4.98 Å². The van der Waals surface area contributed by atoms with Gasteiger partial charge in [-0.3, -0.25) is 4.79 Å². The number of oxazole rings is 1. The lowest BCUT2D eigenvalue weighted by Crippen LogP contribution is -2.27. The van der Waals surface area contributed by atoms with Crippen LogP contribution in [0.15, 0.2) is 89.3 Å². The monoisotopic (exact) mass is 355 g/mol. The predicted molar refractivity (Wildman–Crippen MR) is 101 cm³/mol. The van der Waals surface area contributed by atoms with E-state index in [9.17, 15) is 4.79 Å². The summed E-state index contributed by atoms with van der Waals surface area (Å²) in [4.78, 5) is 17.4. The summed E-state index contributed by atoms with van der Waals surface area (Å²) in [6.07, 6.45) is 0.451. The van der Waals surface area contributed by atoms with Crippen LogP contribution in [-0.2, 0) is 15.1 Å². The molecule has 0 aliphatic carbocycles. The fourth-order valence-corrected chi connectivity index (χ4v) is 3.82. The summed E-state index contributed by atoms with van der Waals surface area (Å²) < 4.78 is 11.9. The maximum Gasteiger partial charge on any atom is 0.319 e. The first-order valence-electron chi connectivity index (χ1n) is 8.96. The Hall–Kier alpha value is -3.40. The fraction of sp³-hybridized carbons (Fsp3) is 0.130. The smallest absolute Gasteiger partial charge is 0.319 e. The maximum atomic E-state index is 12.9. The van der Waals surface area contributed by atoms with Crippen LogP contribution in [0.3, 0.4) is 0 Å². The SMILES string of the molecule is O=C1OC(c2ccccc2)(c2ccccc2)CC1c1nc2ccccc2o1. The third kappa shape index (κ3) is 2.53. The normalized spacial score (nSPS) is 18.5. The fourth-order valence-electron chi connectivity index (χ4n) is 3.82. The van der Waals surface area contributed by atoms with Crippen LogP contribution >= 0.6 is 0 Å². The van der Waals surface area contributed by atoms with Gasteiger partial charge >= 0.3 is 5.97 Å². The van der Waals surface area contributed by atoms with Crippen molar-refractivity contribution in [3.8, 4) is 0 Å². The van der Waals surface area contributed by atoms with E-state index < -0.39 is 11.5 Å². The molecule has 1 aromatic heterocycles. The van der Waals surface area contributed by atoms with Crippen molar-refractivity contribution in [1.29, 1.82) is 0 Å². The highest BCUT2D eigenvalue weighted by molar-refractivity contribution is 5.82. The number of para-hydroxylation sites is 2. The van der Waals surface area contributed by atoms with E-state index in [2.05, 4.69) is 4.98 Å². The minimum Gasteiger partial charge on any atom is -0.449 e. The van der Waals surface area contributed by atoms with Gasteiger partial charge in [-0.2, -0.15) is 0 Å². The molecule has 4 heteroatoms. The van der Waals surface area contributed by atoms with Crippen molar-refractivity contribution < 1.29 is 13.9 Å². The molecule has 1 unspecified atom stereocenters. The number of carbonyl (C=O) groups is 1. The van der Waals surface area contributed by atoms with Gasteiger partial charge in [0, 0.05) is 17.5 Å². The lowest BCUT2D eigenvalue weighted by atomic mass is 9.81. The van der Waals surface area contributed by atoms with Gasteiger partial charge in [0.1, 0.15) is 11.4 Å². The van der Waals surface area contributed by atoms with Gasteiger partial charge in [0.15, 0.2) is 11.2 Å². The highest BCUT2D eigenvalue weighted by Gasteiger charge is 2.51. The average molecular weight is 355 g/mol. The van der Waals surface area contributed by atoms with Gasteiger partial charge in [0.05, 0.1) is 0 Å². The van der Waals surface area contributed by atoms with Crippen molar-refractivity contribution in [1.82, 2.24) is 4.98 Å². The van der Waals surface area contributed by atoms with Gasteiger partial charge < -0.3 is 9.15 Å². The standard InChI is InChI=1S/C23H17NO3/c25-22-18(21-24-19-13-7-8-14-20(19)26-21)15-23(27-22,16-9-3-1-4-10-16)17-11-5-2-6-12-17/h1-14,18H,15H2. The number of fused-ring (bicyclic) bond motifs is 1. The van der Waals surface area contributed by atoms with Crippen LogP contribution < -0.4 is 0 Å². The number of carbonyl (C=O) groups excluding carboxylic acids is 1. The summed E-state index contributed by atoms with van der Waals surface area (Å²) >= 11 is 0. The first kappa shape index (κ1) is 15.8. The molecule has 132 valence electrons. The molecule has 1 fully saturated rings. The van der Waals surface area contributed by atoms with Crippen molar-refractivity contribution in [2.24, 2.45) is 0 Å². The van der Waals surface area contributed by atoms with Crippen LogP contribution in [0.2, 0.25) is 0 Å². The van der Waals surface area contributed by atoms with E-state index in [-0.39, 0.29) is 5.97 Å². The van der Waals surface area contributed by atoms with Crippen LogP contribution in [0.1, 0.15) is 29.4 Å². The Morgan fingerprint density at radius 3 is 2.04 bits per heavy atom. The summed E-state index contributed by atoms with van der Waals surface area (Å²) in [5, 5.41) is 0. The van der Waals surface area contributed by atoms with Gasteiger partial charge in [0.2, 0.25) is 5.89 Å². The third-order valence-electron chi connectivity index (χ3n) is 5.14. The topological polar surface area (TPSA) is 52.3 Å². The Bertz CT molecular complexity index is 1030. The average Bonchev–Trinajstić information content (AvgIpc) is 3.31. The summed E-state index contributed by atoms with van der Waals surface area (Å²) in [5.74, 6) is -0.443. The second kappa shape index (κ2) is 6.09. The van der Waals surface area contributed by atoms with E-state index in [1.54, 1.807) is 0 Å². The molecule has 27 heavy (non-hydrogen) atoms. The first-order valence-corrected chi connectivity index (χ1v) is 8.96. The number of aromatic nitrogens is 1. The molecule has 0 spiro atoms. The summed E-state index contributed by atoms with van der Waals surface area (Å²) in [6, 6.07) is 27.3. The van der Waals surface area contributed by atoms with Gasteiger partial charge in [-0.05, 0) is 12.1 Å². The molecule has 4 nitrogen and oxygen atoms in total. The Labute approximate surface area is 156 Å². The number of benzene rings is 3. The molecule has 0 amide bonds. The molecule has 0 bridgehead atoms. The third-order valence-corrected chi connectivity index (χ3v) is 5.14. The molecular weight excluding hydrogens is 338 g/mol. The highest BCUT2D eigenvalue weighted by atomic mass is 16.6. The molecule has 0 N–H and O–H groups in total. The van der Waals surface area contributed by atoms with Crippen molar-refractivity contribution >= 4 is 17.1 Å². The lowest BCUT2D eigenvalue weighted by molar-refractivity contribution is -0.147. The molecule has 4 aromatic rings. The van der Waals surface area contributed by atoms with Crippen molar-refractivity contribution in [3.63, 3.8) is 0 Å². The van der Waals surface area contributed by atoms with Crippen LogP contribution in [0, 0.1) is 0 Å². The number of hydrogen-bond donors (Lipinski definition) is 0. The summed E-state index contributed by atoms with van der Waals surface area (Å²) in [7, 11) is 0. The quantitative estimate of drug-likeness (QED) is 0.495. The molecule has 5 rings (SSSR count). The summed E-state index contributed by atoms with van der Waals surface area (Å²) in [6.45, 7) is 0. The molecule has 1 aliphatic heterocycles. The molecule has 2 heterocycles. The van der Waals surface area contributed by atoms with Crippen molar-refractivity contribution in [2.45, 2.75) is 17.9 Å². The minimum absolute atomic E-state index is 0.311. The van der Waals surface area contributed by atoms with Crippen molar-refractivity contribution in [2.75, 3.05) is 0 Å². The molecule has 3 aromatic carbocycles. The van der Waals surface area contributed by atoms with E-state index in [4.69, 9.17) is 9.15 Å².